The molecule has 0 radical (unpaired) electrons. The van der Waals surface area contributed by atoms with Crippen LogP contribution in [0.3, 0.4) is 0 Å². The summed E-state index contributed by atoms with van der Waals surface area (Å²) in [6, 6.07) is 17.1. The molecule has 2 aromatic carbocycles. The number of hydrogen-bond acceptors (Lipinski definition) is 4. The number of carboxylic acids is 1. The fourth-order valence-corrected chi connectivity index (χ4v) is 4.57. The fraction of sp³-hybridized carbons (Fsp3) is 0.179. The number of ether oxygens (including phenoxy) is 1. The zero-order chi connectivity index (χ0) is 24.4. The second-order valence-electron chi connectivity index (χ2n) is 8.54. The van der Waals surface area contributed by atoms with Crippen molar-refractivity contribution in [2.75, 3.05) is 7.11 Å². The van der Waals surface area contributed by atoms with Gasteiger partial charge < -0.3 is 9.84 Å². The van der Waals surface area contributed by atoms with Crippen LogP contribution in [0.5, 0.6) is 5.88 Å². The van der Waals surface area contributed by atoms with Gasteiger partial charge in [0.15, 0.2) is 0 Å². The molecule has 5 rings (SSSR count). The maximum absolute atomic E-state index is 14.9. The van der Waals surface area contributed by atoms with Gasteiger partial charge in [-0.15, -0.1) is 5.10 Å². The van der Waals surface area contributed by atoms with Crippen molar-refractivity contribution in [1.82, 2.24) is 15.2 Å². The topological polar surface area (TPSA) is 88.1 Å². The van der Waals surface area contributed by atoms with Crippen LogP contribution in [0.25, 0.3) is 28.1 Å². The highest BCUT2D eigenvalue weighted by Gasteiger charge is 2.29. The summed E-state index contributed by atoms with van der Waals surface area (Å²) in [6.45, 7) is 0. The Morgan fingerprint density at radius 3 is 2.51 bits per heavy atom. The highest BCUT2D eigenvalue weighted by Crippen LogP contribution is 2.46. The van der Waals surface area contributed by atoms with Crippen molar-refractivity contribution < 1.29 is 19.0 Å². The molecule has 0 saturated heterocycles. The summed E-state index contributed by atoms with van der Waals surface area (Å²) in [6.07, 6.45) is 7.67. The number of halogens is 1. The second kappa shape index (κ2) is 9.54. The number of carboxylic acid groups (broad SMARTS) is 1. The predicted octanol–water partition coefficient (Wildman–Crippen LogP) is 5.96. The Morgan fingerprint density at radius 2 is 1.89 bits per heavy atom. The molecule has 4 aromatic rings. The van der Waals surface area contributed by atoms with Crippen LogP contribution < -0.4 is 4.74 Å². The van der Waals surface area contributed by atoms with Crippen LogP contribution in [-0.4, -0.2) is 33.4 Å². The number of pyridine rings is 1. The molecular weight excluding hydrogens is 445 g/mol. The standard InChI is InChI=1S/C28H24FN3O3/c1-35-23-14-13-20(16-30-23)25(18-4-2-5-18)26(19-11-8-17(9-12-19)10-15-24(33)34)21-6-3-7-22-27(21)28(29)32-31-22/h3,6-16,18H,2,4-5H2,1H3,(H,31,32)(H,33,34)/b15-10+,26-25+. The molecule has 2 aromatic heterocycles. The van der Waals surface area contributed by atoms with E-state index in [0.29, 0.717) is 22.7 Å². The first-order valence-corrected chi connectivity index (χ1v) is 11.4. The number of aromatic nitrogens is 3. The van der Waals surface area contributed by atoms with E-state index in [0.717, 1.165) is 58.7 Å². The minimum Gasteiger partial charge on any atom is -0.481 e. The molecule has 6 nitrogen and oxygen atoms in total. The largest absolute Gasteiger partial charge is 0.481 e. The molecule has 176 valence electrons. The fourth-order valence-electron chi connectivity index (χ4n) is 4.57. The summed E-state index contributed by atoms with van der Waals surface area (Å²) in [5, 5.41) is 16.0. The zero-order valence-corrected chi connectivity index (χ0v) is 19.2. The van der Waals surface area contributed by atoms with Gasteiger partial charge >= 0.3 is 5.97 Å². The van der Waals surface area contributed by atoms with Gasteiger partial charge in [0.05, 0.1) is 18.0 Å². The molecule has 0 bridgehead atoms. The molecule has 0 amide bonds. The molecule has 1 saturated carbocycles. The van der Waals surface area contributed by atoms with Crippen LogP contribution in [-0.2, 0) is 4.79 Å². The quantitative estimate of drug-likeness (QED) is 0.326. The molecule has 0 atom stereocenters. The summed E-state index contributed by atoms with van der Waals surface area (Å²) in [5.41, 5.74) is 6.03. The number of fused-ring (bicyclic) bond motifs is 1. The molecule has 35 heavy (non-hydrogen) atoms. The first kappa shape index (κ1) is 22.5. The SMILES string of the molecule is COc1ccc(/C(=C(\c2ccc(/C=C/C(=O)O)cc2)c2cccc3[nH]nc(F)c23)C2CCC2)cn1. The second-order valence-corrected chi connectivity index (χ2v) is 8.54. The maximum atomic E-state index is 14.9. The Morgan fingerprint density at radius 1 is 1.11 bits per heavy atom. The van der Waals surface area contributed by atoms with Crippen LogP contribution >= 0.6 is 0 Å². The smallest absolute Gasteiger partial charge is 0.328 e. The van der Waals surface area contributed by atoms with Crippen LogP contribution in [0.2, 0.25) is 0 Å². The molecule has 0 aliphatic heterocycles. The van der Waals surface area contributed by atoms with Gasteiger partial charge in [-0.25, -0.2) is 9.78 Å². The zero-order valence-electron chi connectivity index (χ0n) is 19.2. The highest BCUT2D eigenvalue weighted by atomic mass is 19.1. The van der Waals surface area contributed by atoms with E-state index in [9.17, 15) is 9.18 Å². The summed E-state index contributed by atoms with van der Waals surface area (Å²) in [4.78, 5) is 15.4. The van der Waals surface area contributed by atoms with Crippen molar-refractivity contribution in [1.29, 1.82) is 0 Å². The Hall–Kier alpha value is -4.26. The molecule has 1 fully saturated rings. The molecule has 1 aliphatic rings. The van der Waals surface area contributed by atoms with Gasteiger partial charge in [-0.05, 0) is 70.4 Å². The molecule has 7 heteroatoms. The van der Waals surface area contributed by atoms with Crippen molar-refractivity contribution in [3.05, 3.63) is 95.1 Å². The Balaban J connectivity index is 1.77. The number of allylic oxidation sites excluding steroid dienone is 1. The van der Waals surface area contributed by atoms with Gasteiger partial charge in [-0.1, -0.05) is 42.8 Å². The number of benzene rings is 2. The number of hydrogen-bond donors (Lipinski definition) is 2. The van der Waals surface area contributed by atoms with Gasteiger partial charge in [0.25, 0.3) is 0 Å². The summed E-state index contributed by atoms with van der Waals surface area (Å²) in [7, 11) is 1.58. The van der Waals surface area contributed by atoms with Crippen molar-refractivity contribution in [2.24, 2.45) is 5.92 Å². The number of aromatic amines is 1. The first-order chi connectivity index (χ1) is 17.0. The number of aliphatic carboxylic acids is 1. The lowest BCUT2D eigenvalue weighted by Crippen LogP contribution is -2.15. The Bertz CT molecular complexity index is 1430. The van der Waals surface area contributed by atoms with E-state index in [-0.39, 0.29) is 0 Å². The number of H-pyrrole nitrogens is 1. The minimum absolute atomic E-state index is 0.303. The number of nitrogens with zero attached hydrogens (tertiary/aromatic N) is 2. The normalized spacial score (nSPS) is 14.7. The van der Waals surface area contributed by atoms with E-state index < -0.39 is 11.9 Å². The molecule has 0 spiro atoms. The highest BCUT2D eigenvalue weighted by molar-refractivity contribution is 6.06. The third-order valence-electron chi connectivity index (χ3n) is 6.47. The van der Waals surface area contributed by atoms with E-state index in [1.165, 1.54) is 0 Å². The third-order valence-corrected chi connectivity index (χ3v) is 6.47. The minimum atomic E-state index is -1.00. The summed E-state index contributed by atoms with van der Waals surface area (Å²) < 4.78 is 20.2. The predicted molar refractivity (Wildman–Crippen MR) is 133 cm³/mol. The Labute approximate surface area is 201 Å². The van der Waals surface area contributed by atoms with Gasteiger partial charge in [0.1, 0.15) is 0 Å². The summed E-state index contributed by atoms with van der Waals surface area (Å²) >= 11 is 0. The van der Waals surface area contributed by atoms with Gasteiger partial charge in [-0.3, -0.25) is 5.10 Å². The molecule has 2 heterocycles. The number of rotatable bonds is 7. The molecule has 0 unspecified atom stereocenters. The van der Waals surface area contributed by atoms with Crippen LogP contribution in [0.1, 0.15) is 41.5 Å². The van der Waals surface area contributed by atoms with Crippen LogP contribution in [0.15, 0.2) is 66.9 Å². The van der Waals surface area contributed by atoms with E-state index >= 15 is 0 Å². The van der Waals surface area contributed by atoms with E-state index in [2.05, 4.69) is 15.2 Å². The van der Waals surface area contributed by atoms with E-state index in [1.807, 2.05) is 60.8 Å². The third kappa shape index (κ3) is 4.45. The van der Waals surface area contributed by atoms with Crippen molar-refractivity contribution in [2.45, 2.75) is 19.3 Å². The van der Waals surface area contributed by atoms with Gasteiger partial charge in [0, 0.05) is 18.3 Å². The van der Waals surface area contributed by atoms with E-state index in [4.69, 9.17) is 9.84 Å². The average Bonchev–Trinajstić information content (AvgIpc) is 3.23. The molecule has 2 N–H and O–H groups in total. The lowest BCUT2D eigenvalue weighted by molar-refractivity contribution is -0.131. The van der Waals surface area contributed by atoms with Crippen LogP contribution in [0, 0.1) is 11.9 Å². The van der Waals surface area contributed by atoms with Crippen LogP contribution in [0.4, 0.5) is 4.39 Å². The molecule has 1 aliphatic carbocycles. The first-order valence-electron chi connectivity index (χ1n) is 11.4. The van der Waals surface area contributed by atoms with Gasteiger partial charge in [-0.2, -0.15) is 4.39 Å². The lowest BCUT2D eigenvalue weighted by Gasteiger charge is -2.31. The molecular formula is C28H24FN3O3. The lowest BCUT2D eigenvalue weighted by atomic mass is 9.73. The average molecular weight is 470 g/mol. The maximum Gasteiger partial charge on any atom is 0.328 e. The number of carbonyl (C=O) groups is 1. The van der Waals surface area contributed by atoms with E-state index in [1.54, 1.807) is 13.2 Å². The monoisotopic (exact) mass is 469 g/mol. The number of methoxy groups -OCH3 is 1. The van der Waals surface area contributed by atoms with Crippen molar-refractivity contribution >= 4 is 34.1 Å². The summed E-state index contributed by atoms with van der Waals surface area (Å²) in [5.74, 6) is -0.719. The van der Waals surface area contributed by atoms with Gasteiger partial charge in [0.2, 0.25) is 11.8 Å². The van der Waals surface area contributed by atoms with Crippen molar-refractivity contribution in [3.63, 3.8) is 0 Å². The Kier molecular flexibility index (Phi) is 6.14. The van der Waals surface area contributed by atoms with Crippen molar-refractivity contribution in [3.8, 4) is 5.88 Å². The number of nitrogens with one attached hydrogen (secondary N) is 1.